The Labute approximate surface area is 111 Å². The van der Waals surface area contributed by atoms with Crippen LogP contribution in [0.3, 0.4) is 0 Å². The van der Waals surface area contributed by atoms with Crippen LogP contribution in [0.25, 0.3) is 0 Å². The van der Waals surface area contributed by atoms with E-state index in [1.807, 2.05) is 20.2 Å². The molecule has 0 heterocycles. The van der Waals surface area contributed by atoms with Crippen molar-refractivity contribution in [2.75, 3.05) is 20.6 Å². The van der Waals surface area contributed by atoms with E-state index in [9.17, 15) is 4.79 Å². The van der Waals surface area contributed by atoms with Gasteiger partial charge in [0.1, 0.15) is 5.66 Å². The number of carbonyl (C=O) groups excluding carboxylic acids is 1. The van der Waals surface area contributed by atoms with Crippen LogP contribution in [0.4, 0.5) is 0 Å². The van der Waals surface area contributed by atoms with Crippen molar-refractivity contribution in [1.29, 1.82) is 0 Å². The van der Waals surface area contributed by atoms with Gasteiger partial charge in [0, 0.05) is 25.6 Å². The highest BCUT2D eigenvalue weighted by Crippen LogP contribution is 2.13. The minimum absolute atomic E-state index is 0.000640. The fourth-order valence-electron chi connectivity index (χ4n) is 1.25. The normalized spacial score (nSPS) is 13.4. The molecule has 4 heteroatoms. The maximum Gasteiger partial charge on any atom is 0.216 e. The van der Waals surface area contributed by atoms with Crippen molar-refractivity contribution >= 4 is 11.6 Å². The van der Waals surface area contributed by atoms with Crippen molar-refractivity contribution in [3.05, 3.63) is 12.2 Å². The van der Waals surface area contributed by atoms with Gasteiger partial charge < -0.3 is 5.32 Å². The molecule has 0 aliphatic heterocycles. The summed E-state index contributed by atoms with van der Waals surface area (Å²) in [4.78, 5) is 17.7. The summed E-state index contributed by atoms with van der Waals surface area (Å²) in [5.41, 5.74) is 0.785. The molecule has 0 unspecified atom stereocenters. The third-order valence-corrected chi connectivity index (χ3v) is 2.81. The molecule has 0 aromatic rings. The van der Waals surface area contributed by atoms with Crippen LogP contribution in [-0.4, -0.2) is 42.8 Å². The maximum atomic E-state index is 10.9. The number of hydrogen-bond acceptors (Lipinski definition) is 3. The minimum Gasteiger partial charge on any atom is -0.356 e. The van der Waals surface area contributed by atoms with Crippen LogP contribution in [0.2, 0.25) is 0 Å². The number of hydrogen-bond donors (Lipinski definition) is 1. The van der Waals surface area contributed by atoms with Gasteiger partial charge in [-0.25, -0.2) is 0 Å². The zero-order valence-electron chi connectivity index (χ0n) is 12.6. The van der Waals surface area contributed by atoms with Gasteiger partial charge in [-0.1, -0.05) is 13.0 Å². The van der Waals surface area contributed by atoms with Crippen molar-refractivity contribution in [3.8, 4) is 0 Å². The summed E-state index contributed by atoms with van der Waals surface area (Å²) in [6, 6.07) is 0. The van der Waals surface area contributed by atoms with Crippen LogP contribution in [0.15, 0.2) is 17.1 Å². The lowest BCUT2D eigenvalue weighted by Crippen LogP contribution is -2.37. The second-order valence-corrected chi connectivity index (χ2v) is 5.04. The summed E-state index contributed by atoms with van der Waals surface area (Å²) in [5.74, 6) is 0.000640. The molecule has 0 aromatic carbocycles. The van der Waals surface area contributed by atoms with E-state index in [-0.39, 0.29) is 11.6 Å². The highest BCUT2D eigenvalue weighted by molar-refractivity contribution is 5.95. The van der Waals surface area contributed by atoms with Gasteiger partial charge in [0.05, 0.1) is 0 Å². The number of nitrogens with one attached hydrogen (secondary N) is 1. The van der Waals surface area contributed by atoms with E-state index in [2.05, 4.69) is 37.1 Å². The summed E-state index contributed by atoms with van der Waals surface area (Å²) in [6.45, 7) is 8.41. The van der Waals surface area contributed by atoms with E-state index in [1.54, 1.807) is 0 Å². The third kappa shape index (κ3) is 7.22. The largest absolute Gasteiger partial charge is 0.356 e. The standard InChI is InChI=1S/C14H27N3O/c1-7-8-9-13(10-11-15-12(2)18)16-14(3,4)17(5)6/h8-9H,7,10-11H2,1-6H3,(H,15,18)/b9-8-,16-13+. The van der Waals surface area contributed by atoms with Crippen LogP contribution in [0, 0.1) is 0 Å². The zero-order chi connectivity index (χ0) is 14.2. The molecule has 0 spiro atoms. The highest BCUT2D eigenvalue weighted by Gasteiger charge is 2.18. The first-order valence-electron chi connectivity index (χ1n) is 6.46. The van der Waals surface area contributed by atoms with E-state index in [1.165, 1.54) is 6.92 Å². The fraction of sp³-hybridized carbons (Fsp3) is 0.714. The Balaban J connectivity index is 4.71. The zero-order valence-corrected chi connectivity index (χ0v) is 12.6. The van der Waals surface area contributed by atoms with Crippen molar-refractivity contribution in [1.82, 2.24) is 10.2 Å². The smallest absolute Gasteiger partial charge is 0.216 e. The Bertz CT molecular complexity index is 317. The Morgan fingerprint density at radius 2 is 2.00 bits per heavy atom. The summed E-state index contributed by atoms with van der Waals surface area (Å²) in [5, 5.41) is 2.80. The molecule has 1 amide bonds. The molecule has 1 N–H and O–H groups in total. The predicted molar refractivity (Wildman–Crippen MR) is 77.9 cm³/mol. The third-order valence-electron chi connectivity index (χ3n) is 2.81. The molecule has 0 fully saturated rings. The summed E-state index contributed by atoms with van der Waals surface area (Å²) in [6.07, 6.45) is 5.89. The SMILES string of the molecule is CC/C=C\C(CCNC(C)=O)=N/C(C)(C)N(C)C. The molecule has 4 nitrogen and oxygen atoms in total. The first kappa shape index (κ1) is 16.8. The lowest BCUT2D eigenvalue weighted by atomic mass is 10.1. The topological polar surface area (TPSA) is 44.7 Å². The van der Waals surface area contributed by atoms with E-state index in [0.29, 0.717) is 6.54 Å². The monoisotopic (exact) mass is 253 g/mol. The molecule has 0 bridgehead atoms. The number of carbonyl (C=O) groups is 1. The number of aliphatic imine (C=N–C) groups is 1. The molecular formula is C14H27N3O. The summed E-state index contributed by atoms with van der Waals surface area (Å²) >= 11 is 0. The second-order valence-electron chi connectivity index (χ2n) is 5.04. The molecule has 104 valence electrons. The molecule has 0 saturated carbocycles. The Hall–Kier alpha value is -1.16. The Kier molecular flexibility index (Phi) is 7.51. The van der Waals surface area contributed by atoms with E-state index in [4.69, 9.17) is 4.99 Å². The van der Waals surface area contributed by atoms with Crippen LogP contribution >= 0.6 is 0 Å². The average Bonchev–Trinajstić information content (AvgIpc) is 2.24. The number of rotatable bonds is 7. The fourth-order valence-corrected chi connectivity index (χ4v) is 1.25. The number of nitrogens with zero attached hydrogens (tertiary/aromatic N) is 2. The minimum atomic E-state index is -0.233. The maximum absolute atomic E-state index is 10.9. The summed E-state index contributed by atoms with van der Waals surface area (Å²) in [7, 11) is 4.02. The molecule has 0 radical (unpaired) electrons. The quantitative estimate of drug-likeness (QED) is 0.707. The van der Waals surface area contributed by atoms with Gasteiger partial charge >= 0.3 is 0 Å². The lowest BCUT2D eigenvalue weighted by Gasteiger charge is -2.29. The molecule has 0 aliphatic rings. The first-order valence-corrected chi connectivity index (χ1v) is 6.46. The number of amides is 1. The van der Waals surface area contributed by atoms with Gasteiger partial charge in [-0.2, -0.15) is 0 Å². The van der Waals surface area contributed by atoms with Gasteiger partial charge in [-0.3, -0.25) is 14.7 Å². The summed E-state index contributed by atoms with van der Waals surface area (Å²) < 4.78 is 0. The molecule has 18 heavy (non-hydrogen) atoms. The second kappa shape index (κ2) is 8.03. The van der Waals surface area contributed by atoms with Gasteiger partial charge in [0.2, 0.25) is 5.91 Å². The van der Waals surface area contributed by atoms with Crippen molar-refractivity contribution in [2.24, 2.45) is 4.99 Å². The van der Waals surface area contributed by atoms with Crippen LogP contribution in [0.1, 0.15) is 40.5 Å². The van der Waals surface area contributed by atoms with Crippen LogP contribution in [-0.2, 0) is 4.79 Å². The molecule has 0 rings (SSSR count). The molecule has 0 saturated heterocycles. The average molecular weight is 253 g/mol. The lowest BCUT2D eigenvalue weighted by molar-refractivity contribution is -0.118. The van der Waals surface area contributed by atoms with Gasteiger partial charge in [0.15, 0.2) is 0 Å². The predicted octanol–water partition coefficient (Wildman–Crippen LogP) is 2.22. The van der Waals surface area contributed by atoms with Crippen molar-refractivity contribution in [2.45, 2.75) is 46.2 Å². The van der Waals surface area contributed by atoms with Crippen molar-refractivity contribution in [3.63, 3.8) is 0 Å². The Morgan fingerprint density at radius 1 is 1.39 bits per heavy atom. The van der Waals surface area contributed by atoms with Crippen LogP contribution < -0.4 is 5.32 Å². The van der Waals surface area contributed by atoms with Gasteiger partial charge in [-0.15, -0.1) is 0 Å². The van der Waals surface area contributed by atoms with Gasteiger partial charge in [0.25, 0.3) is 0 Å². The van der Waals surface area contributed by atoms with Crippen LogP contribution in [0.5, 0.6) is 0 Å². The molecular weight excluding hydrogens is 226 g/mol. The molecule has 0 atom stereocenters. The van der Waals surface area contributed by atoms with E-state index >= 15 is 0 Å². The first-order chi connectivity index (χ1) is 8.29. The molecule has 0 aromatic heterocycles. The molecule has 0 aliphatic carbocycles. The van der Waals surface area contributed by atoms with Crippen molar-refractivity contribution < 1.29 is 4.79 Å². The Morgan fingerprint density at radius 3 is 2.44 bits per heavy atom. The van der Waals surface area contributed by atoms with E-state index < -0.39 is 0 Å². The highest BCUT2D eigenvalue weighted by atomic mass is 16.1. The van der Waals surface area contributed by atoms with Gasteiger partial charge in [-0.05, 0) is 40.4 Å². The number of allylic oxidation sites excluding steroid dienone is 2. The van der Waals surface area contributed by atoms with E-state index in [0.717, 1.165) is 18.6 Å².